The minimum atomic E-state index is 0.868. The van der Waals surface area contributed by atoms with Crippen LogP contribution in [-0.4, -0.2) is 4.57 Å². The van der Waals surface area contributed by atoms with Crippen molar-refractivity contribution in [2.75, 3.05) is 4.90 Å². The van der Waals surface area contributed by atoms with Crippen molar-refractivity contribution >= 4 is 71.6 Å². The lowest BCUT2D eigenvalue weighted by atomic mass is 9.98. The molecule has 0 N–H and O–H groups in total. The first-order valence-corrected chi connectivity index (χ1v) is 18.8. The lowest BCUT2D eigenvalue weighted by Gasteiger charge is -2.26. The summed E-state index contributed by atoms with van der Waals surface area (Å²) in [6.45, 7) is 0. The number of nitrogens with zero attached hydrogens (tertiary/aromatic N) is 2. The van der Waals surface area contributed by atoms with E-state index in [-0.39, 0.29) is 0 Å². The Labute approximate surface area is 318 Å². The smallest absolute Gasteiger partial charge is 0.137 e. The van der Waals surface area contributed by atoms with Gasteiger partial charge in [0, 0.05) is 55.7 Å². The van der Waals surface area contributed by atoms with Crippen molar-refractivity contribution in [3.63, 3.8) is 0 Å². The van der Waals surface area contributed by atoms with E-state index >= 15 is 0 Å². The number of rotatable bonds is 6. The number of hydrogen-bond donors (Lipinski definition) is 0. The van der Waals surface area contributed by atoms with Gasteiger partial charge in [-0.15, -0.1) is 0 Å². The summed E-state index contributed by atoms with van der Waals surface area (Å²) in [7, 11) is 0. The van der Waals surface area contributed by atoms with E-state index < -0.39 is 0 Å². The van der Waals surface area contributed by atoms with Crippen LogP contribution in [-0.2, 0) is 0 Å². The quantitative estimate of drug-likeness (QED) is 0.172. The number of aromatic nitrogens is 1. The van der Waals surface area contributed by atoms with Crippen LogP contribution in [0.15, 0.2) is 211 Å². The molecule has 3 nitrogen and oxygen atoms in total. The van der Waals surface area contributed by atoms with Crippen LogP contribution in [0.3, 0.4) is 0 Å². The molecule has 55 heavy (non-hydrogen) atoms. The molecule has 0 atom stereocenters. The van der Waals surface area contributed by atoms with Crippen molar-refractivity contribution in [3.05, 3.63) is 206 Å². The average molecular weight is 703 g/mol. The SMILES string of the molecule is c1ccc(-c2cccc(N(c3cccc(-c4ccc5c(ccc6c7ccccc7n(-c7ccccc7)c56)c4)c3)c3ccc4c(c3)oc3ccccc34)c2)cc1. The van der Waals surface area contributed by atoms with Crippen molar-refractivity contribution < 1.29 is 4.42 Å². The van der Waals surface area contributed by atoms with Gasteiger partial charge in [-0.25, -0.2) is 0 Å². The molecule has 0 radical (unpaired) electrons. The number of benzene rings is 9. The van der Waals surface area contributed by atoms with Crippen LogP contribution in [0.5, 0.6) is 0 Å². The molecule has 3 heteroatoms. The van der Waals surface area contributed by atoms with Crippen LogP contribution in [0.4, 0.5) is 17.1 Å². The summed E-state index contributed by atoms with van der Waals surface area (Å²) in [6, 6.07) is 73.9. The Morgan fingerprint density at radius 3 is 1.73 bits per heavy atom. The minimum absolute atomic E-state index is 0.868. The number of anilines is 3. The number of fused-ring (bicyclic) bond motifs is 8. The van der Waals surface area contributed by atoms with Gasteiger partial charge in [0.25, 0.3) is 0 Å². The van der Waals surface area contributed by atoms with Gasteiger partial charge in [-0.2, -0.15) is 0 Å². The second kappa shape index (κ2) is 12.6. The predicted octanol–water partition coefficient (Wildman–Crippen LogP) is 14.6. The van der Waals surface area contributed by atoms with Gasteiger partial charge in [-0.3, -0.25) is 0 Å². The fraction of sp³-hybridized carbons (Fsp3) is 0. The van der Waals surface area contributed by atoms with E-state index in [1.54, 1.807) is 0 Å². The summed E-state index contributed by atoms with van der Waals surface area (Å²) in [4.78, 5) is 2.34. The first kappa shape index (κ1) is 31.2. The van der Waals surface area contributed by atoms with Gasteiger partial charge < -0.3 is 13.9 Å². The van der Waals surface area contributed by atoms with Crippen molar-refractivity contribution in [2.24, 2.45) is 0 Å². The molecule has 0 saturated carbocycles. The van der Waals surface area contributed by atoms with Gasteiger partial charge in [-0.1, -0.05) is 133 Å². The first-order chi connectivity index (χ1) is 27.3. The molecule has 9 aromatic carbocycles. The zero-order chi connectivity index (χ0) is 36.3. The second-order valence-electron chi connectivity index (χ2n) is 14.2. The molecular formula is C52H34N2O. The van der Waals surface area contributed by atoms with E-state index in [1.165, 1.54) is 43.7 Å². The van der Waals surface area contributed by atoms with Crippen LogP contribution in [0.1, 0.15) is 0 Å². The van der Waals surface area contributed by atoms with Crippen molar-refractivity contribution in [1.82, 2.24) is 4.57 Å². The highest BCUT2D eigenvalue weighted by molar-refractivity contribution is 6.19. The largest absolute Gasteiger partial charge is 0.456 e. The highest BCUT2D eigenvalue weighted by atomic mass is 16.3. The minimum Gasteiger partial charge on any atom is -0.456 e. The fourth-order valence-electron chi connectivity index (χ4n) is 8.39. The van der Waals surface area contributed by atoms with E-state index in [0.29, 0.717) is 0 Å². The van der Waals surface area contributed by atoms with Gasteiger partial charge in [0.2, 0.25) is 0 Å². The number of furan rings is 1. The van der Waals surface area contributed by atoms with Gasteiger partial charge in [0.05, 0.1) is 11.0 Å². The summed E-state index contributed by atoms with van der Waals surface area (Å²) < 4.78 is 8.81. The Hall–Kier alpha value is -7.36. The van der Waals surface area contributed by atoms with E-state index in [4.69, 9.17) is 4.42 Å². The Kier molecular flexibility index (Phi) is 7.17. The summed E-state index contributed by atoms with van der Waals surface area (Å²) in [5.74, 6) is 0. The molecule has 0 aliphatic rings. The van der Waals surface area contributed by atoms with E-state index in [1.807, 2.05) is 12.1 Å². The van der Waals surface area contributed by atoms with Gasteiger partial charge >= 0.3 is 0 Å². The molecule has 0 spiro atoms. The Morgan fingerprint density at radius 1 is 0.345 bits per heavy atom. The molecule has 0 saturated heterocycles. The van der Waals surface area contributed by atoms with Crippen molar-refractivity contribution in [3.8, 4) is 27.9 Å². The van der Waals surface area contributed by atoms with Gasteiger partial charge in [0.1, 0.15) is 11.2 Å². The lowest BCUT2D eigenvalue weighted by Crippen LogP contribution is -2.10. The second-order valence-corrected chi connectivity index (χ2v) is 14.2. The van der Waals surface area contributed by atoms with Crippen molar-refractivity contribution in [2.45, 2.75) is 0 Å². The standard InChI is InChI=1S/C52H34N2O/c1-3-13-35(14-4-1)36-15-11-19-41(32-36)53(43-27-30-47-46-22-8-10-24-50(46)55-51(47)34-43)42-20-12-16-37(33-42)38-25-28-44-39(31-38)26-29-48-45-21-7-9-23-49(45)54(52(44)48)40-17-5-2-6-18-40/h1-34H. The molecule has 11 rings (SSSR count). The molecule has 2 heterocycles. The van der Waals surface area contributed by atoms with E-state index in [2.05, 4.69) is 204 Å². The molecular weight excluding hydrogens is 669 g/mol. The van der Waals surface area contributed by atoms with Crippen LogP contribution in [0, 0.1) is 0 Å². The average Bonchev–Trinajstić information content (AvgIpc) is 3.80. The maximum atomic E-state index is 6.40. The predicted molar refractivity (Wildman–Crippen MR) is 231 cm³/mol. The van der Waals surface area contributed by atoms with Crippen LogP contribution in [0.25, 0.3) is 82.5 Å². The van der Waals surface area contributed by atoms with Crippen molar-refractivity contribution in [1.29, 1.82) is 0 Å². The third-order valence-electron chi connectivity index (χ3n) is 10.9. The molecule has 0 aliphatic carbocycles. The normalized spacial score (nSPS) is 11.6. The highest BCUT2D eigenvalue weighted by Crippen LogP contribution is 2.42. The summed E-state index contributed by atoms with van der Waals surface area (Å²) in [6.07, 6.45) is 0. The fourth-order valence-corrected chi connectivity index (χ4v) is 8.39. The number of para-hydroxylation sites is 3. The maximum Gasteiger partial charge on any atom is 0.137 e. The Bertz CT molecular complexity index is 3210. The summed E-state index contributed by atoms with van der Waals surface area (Å²) >= 11 is 0. The van der Waals surface area contributed by atoms with Crippen LogP contribution in [0.2, 0.25) is 0 Å². The van der Waals surface area contributed by atoms with E-state index in [0.717, 1.165) is 55.8 Å². The third kappa shape index (κ3) is 5.20. The highest BCUT2D eigenvalue weighted by Gasteiger charge is 2.18. The lowest BCUT2D eigenvalue weighted by molar-refractivity contribution is 0.669. The summed E-state index contributed by atoms with van der Waals surface area (Å²) in [5, 5.41) is 7.20. The zero-order valence-electron chi connectivity index (χ0n) is 29.9. The number of hydrogen-bond acceptors (Lipinski definition) is 2. The maximum absolute atomic E-state index is 6.40. The molecule has 0 amide bonds. The molecule has 0 bridgehead atoms. The molecule has 0 fully saturated rings. The van der Waals surface area contributed by atoms with E-state index in [9.17, 15) is 0 Å². The molecule has 11 aromatic rings. The van der Waals surface area contributed by atoms with Crippen LogP contribution >= 0.6 is 0 Å². The zero-order valence-corrected chi connectivity index (χ0v) is 29.9. The monoisotopic (exact) mass is 702 g/mol. The molecule has 258 valence electrons. The molecule has 2 aromatic heterocycles. The van der Waals surface area contributed by atoms with Gasteiger partial charge in [0.15, 0.2) is 0 Å². The first-order valence-electron chi connectivity index (χ1n) is 18.8. The van der Waals surface area contributed by atoms with Gasteiger partial charge in [-0.05, 0) is 94.4 Å². The Morgan fingerprint density at radius 2 is 0.927 bits per heavy atom. The molecule has 0 unspecified atom stereocenters. The molecule has 0 aliphatic heterocycles. The Balaban J connectivity index is 1.07. The van der Waals surface area contributed by atoms with Crippen LogP contribution < -0.4 is 4.90 Å². The topological polar surface area (TPSA) is 21.3 Å². The summed E-state index contributed by atoms with van der Waals surface area (Å²) in [5.41, 5.74) is 13.2. The third-order valence-corrected chi connectivity index (χ3v) is 10.9.